The molecule has 0 aromatic rings. The fraction of sp³-hybridized carbons (Fsp3) is 1.00. The molecule has 4 nitrogen and oxygen atoms in total. The van der Waals surface area contributed by atoms with E-state index in [2.05, 4.69) is 5.32 Å². The Bertz CT molecular complexity index is 297. The van der Waals surface area contributed by atoms with Crippen LogP contribution in [0, 0.1) is 5.92 Å². The van der Waals surface area contributed by atoms with Gasteiger partial charge in [-0.15, -0.1) is 0 Å². The van der Waals surface area contributed by atoms with Gasteiger partial charge in [0.2, 0.25) is 0 Å². The average molecular weight is 277 g/mol. The minimum Gasteiger partial charge on any atom is -0.317 e. The summed E-state index contributed by atoms with van der Waals surface area (Å²) in [6.07, 6.45) is 7.24. The summed E-state index contributed by atoms with van der Waals surface area (Å²) >= 11 is 0. The first-order valence-corrected chi connectivity index (χ1v) is 8.79. The summed E-state index contributed by atoms with van der Waals surface area (Å²) in [5.74, 6) is 0.987. The Balaban J connectivity index is 2.00. The molecule has 0 spiro atoms. The summed E-state index contributed by atoms with van der Waals surface area (Å²) in [7, 11) is -3.26. The molecule has 18 heavy (non-hydrogen) atoms. The number of rotatable bonds is 9. The maximum Gasteiger partial charge on any atom is 0.267 e. The lowest BCUT2D eigenvalue weighted by molar-refractivity contribution is 0.289. The predicted molar refractivity (Wildman–Crippen MR) is 74.1 cm³/mol. The summed E-state index contributed by atoms with van der Waals surface area (Å²) in [5.41, 5.74) is 0. The van der Waals surface area contributed by atoms with Crippen LogP contribution in [0.3, 0.4) is 0 Å². The highest BCUT2D eigenvalue weighted by Gasteiger charge is 2.13. The Morgan fingerprint density at radius 2 is 1.89 bits per heavy atom. The van der Waals surface area contributed by atoms with Gasteiger partial charge >= 0.3 is 0 Å². The number of nitrogens with one attached hydrogen (secondary N) is 1. The predicted octanol–water partition coefficient (Wildman–Crippen LogP) is 2.30. The third kappa shape index (κ3) is 7.34. The fourth-order valence-corrected chi connectivity index (χ4v) is 3.40. The van der Waals surface area contributed by atoms with E-state index < -0.39 is 10.1 Å². The van der Waals surface area contributed by atoms with Crippen LogP contribution in [0.2, 0.25) is 0 Å². The lowest BCUT2D eigenvalue weighted by atomic mass is 9.93. The summed E-state index contributed by atoms with van der Waals surface area (Å²) in [5, 5.41) is 3.35. The molecule has 0 amide bonds. The summed E-state index contributed by atoms with van der Waals surface area (Å²) in [6, 6.07) is 0. The van der Waals surface area contributed by atoms with Crippen LogP contribution in [-0.4, -0.2) is 33.9 Å². The van der Waals surface area contributed by atoms with E-state index in [0.717, 1.165) is 38.3 Å². The zero-order chi connectivity index (χ0) is 13.3. The molecule has 0 aromatic carbocycles. The van der Waals surface area contributed by atoms with Crippen molar-refractivity contribution in [3.63, 3.8) is 0 Å². The van der Waals surface area contributed by atoms with Gasteiger partial charge in [-0.2, -0.15) is 8.42 Å². The lowest BCUT2D eigenvalue weighted by Gasteiger charge is -2.22. The number of hydrogen-bond acceptors (Lipinski definition) is 4. The molecule has 108 valence electrons. The van der Waals surface area contributed by atoms with Crippen molar-refractivity contribution in [3.8, 4) is 0 Å². The first-order chi connectivity index (χ1) is 8.64. The van der Waals surface area contributed by atoms with E-state index in [0.29, 0.717) is 13.0 Å². The largest absolute Gasteiger partial charge is 0.317 e. The minimum atomic E-state index is -3.26. The minimum absolute atomic E-state index is 0.164. The summed E-state index contributed by atoms with van der Waals surface area (Å²) < 4.78 is 27.8. The molecular weight excluding hydrogens is 250 g/mol. The molecule has 1 fully saturated rings. The molecule has 0 aromatic heterocycles. The van der Waals surface area contributed by atoms with Crippen LogP contribution in [0.5, 0.6) is 0 Å². The molecule has 1 N–H and O–H groups in total. The Morgan fingerprint density at radius 3 is 2.56 bits per heavy atom. The normalized spacial score (nSPS) is 18.1. The van der Waals surface area contributed by atoms with Gasteiger partial charge in [0, 0.05) is 0 Å². The summed E-state index contributed by atoms with van der Waals surface area (Å²) in [4.78, 5) is 0. The van der Waals surface area contributed by atoms with E-state index in [-0.39, 0.29) is 5.75 Å². The van der Waals surface area contributed by atoms with Crippen molar-refractivity contribution in [2.45, 2.75) is 51.9 Å². The van der Waals surface area contributed by atoms with E-state index >= 15 is 0 Å². The molecule has 0 unspecified atom stereocenters. The molecular formula is C13H27NO3S. The van der Waals surface area contributed by atoms with Gasteiger partial charge in [-0.05, 0) is 44.7 Å². The van der Waals surface area contributed by atoms with Gasteiger partial charge < -0.3 is 5.32 Å². The van der Waals surface area contributed by atoms with Crippen molar-refractivity contribution in [1.29, 1.82) is 0 Å². The van der Waals surface area contributed by atoms with Crippen molar-refractivity contribution in [2.75, 3.05) is 25.4 Å². The average Bonchev–Trinajstić information content (AvgIpc) is 2.37. The van der Waals surface area contributed by atoms with Crippen molar-refractivity contribution < 1.29 is 12.6 Å². The monoisotopic (exact) mass is 277 g/mol. The highest BCUT2D eigenvalue weighted by Crippen LogP contribution is 2.18. The maximum absolute atomic E-state index is 11.4. The van der Waals surface area contributed by atoms with Crippen LogP contribution < -0.4 is 5.32 Å². The van der Waals surface area contributed by atoms with E-state index in [9.17, 15) is 8.42 Å². The van der Waals surface area contributed by atoms with E-state index in [4.69, 9.17) is 4.18 Å². The lowest BCUT2D eigenvalue weighted by Crippen LogP contribution is -2.27. The molecule has 1 aliphatic heterocycles. The third-order valence-corrected chi connectivity index (χ3v) is 4.79. The van der Waals surface area contributed by atoms with Crippen molar-refractivity contribution in [3.05, 3.63) is 0 Å². The van der Waals surface area contributed by atoms with Crippen molar-refractivity contribution in [2.24, 2.45) is 5.92 Å². The van der Waals surface area contributed by atoms with Gasteiger partial charge in [-0.1, -0.05) is 26.2 Å². The second kappa shape index (κ2) is 8.88. The second-order valence-corrected chi connectivity index (χ2v) is 6.89. The van der Waals surface area contributed by atoms with Gasteiger partial charge in [0.05, 0.1) is 12.4 Å². The first kappa shape index (κ1) is 15.9. The zero-order valence-corrected chi connectivity index (χ0v) is 12.3. The Kier molecular flexibility index (Phi) is 7.86. The molecule has 0 saturated carbocycles. The standard InChI is InChI=1S/C13H27NO3S/c1-2-3-12-18(15,16)17-11-5-4-6-13-7-9-14-10-8-13/h13-14H,2-12H2,1H3. The van der Waals surface area contributed by atoms with Gasteiger partial charge in [-0.3, -0.25) is 4.18 Å². The maximum atomic E-state index is 11.4. The van der Waals surface area contributed by atoms with E-state index in [1.807, 2.05) is 6.92 Å². The van der Waals surface area contributed by atoms with Gasteiger partial charge in [0.15, 0.2) is 0 Å². The molecule has 1 aliphatic rings. The Hall–Kier alpha value is -0.130. The van der Waals surface area contributed by atoms with Gasteiger partial charge in [-0.25, -0.2) is 0 Å². The molecule has 0 bridgehead atoms. The number of unbranched alkanes of at least 4 members (excludes halogenated alkanes) is 2. The smallest absolute Gasteiger partial charge is 0.267 e. The number of hydrogen-bond donors (Lipinski definition) is 1. The first-order valence-electron chi connectivity index (χ1n) is 7.22. The SMILES string of the molecule is CCCCS(=O)(=O)OCCCCC1CCNCC1. The van der Waals surface area contributed by atoms with Crippen LogP contribution in [0.25, 0.3) is 0 Å². The number of piperidine rings is 1. The van der Waals surface area contributed by atoms with Gasteiger partial charge in [0.25, 0.3) is 10.1 Å². The van der Waals surface area contributed by atoms with Crippen LogP contribution in [0.15, 0.2) is 0 Å². The van der Waals surface area contributed by atoms with Crippen LogP contribution >= 0.6 is 0 Å². The van der Waals surface area contributed by atoms with E-state index in [1.54, 1.807) is 0 Å². The topological polar surface area (TPSA) is 55.4 Å². The molecule has 0 radical (unpaired) electrons. The molecule has 5 heteroatoms. The van der Waals surface area contributed by atoms with Crippen LogP contribution in [0.1, 0.15) is 51.9 Å². The molecule has 1 rings (SSSR count). The highest BCUT2D eigenvalue weighted by atomic mass is 32.2. The third-order valence-electron chi connectivity index (χ3n) is 3.48. The van der Waals surface area contributed by atoms with Gasteiger partial charge in [0.1, 0.15) is 0 Å². The molecule has 1 saturated heterocycles. The van der Waals surface area contributed by atoms with Crippen LogP contribution in [0.4, 0.5) is 0 Å². The Morgan fingerprint density at radius 1 is 1.17 bits per heavy atom. The second-order valence-electron chi connectivity index (χ2n) is 5.13. The van der Waals surface area contributed by atoms with E-state index in [1.165, 1.54) is 19.3 Å². The van der Waals surface area contributed by atoms with Crippen molar-refractivity contribution >= 4 is 10.1 Å². The van der Waals surface area contributed by atoms with Crippen molar-refractivity contribution in [1.82, 2.24) is 5.32 Å². The highest BCUT2D eigenvalue weighted by molar-refractivity contribution is 7.86. The van der Waals surface area contributed by atoms with Crippen LogP contribution in [-0.2, 0) is 14.3 Å². The Labute approximate surface area is 112 Å². The summed E-state index contributed by atoms with van der Waals surface area (Å²) in [6.45, 7) is 4.60. The molecule has 1 heterocycles. The quantitative estimate of drug-likeness (QED) is 0.519. The fourth-order valence-electron chi connectivity index (χ4n) is 2.27. The molecule has 0 aliphatic carbocycles. The molecule has 0 atom stereocenters. The zero-order valence-electron chi connectivity index (χ0n) is 11.5.